The highest BCUT2D eigenvalue weighted by Crippen LogP contribution is 2.12. The van der Waals surface area contributed by atoms with Gasteiger partial charge in [0.05, 0.1) is 17.6 Å². The standard InChI is InChI=1S/C13H11N3O/c1-3-8-16(2)13(17)10-4-5-11-12(9-10)15-7-6-14-11/h1,4-7,9H,8H2,2H3. The van der Waals surface area contributed by atoms with Gasteiger partial charge in [0, 0.05) is 25.0 Å². The van der Waals surface area contributed by atoms with E-state index < -0.39 is 0 Å². The van der Waals surface area contributed by atoms with E-state index in [1.54, 1.807) is 37.6 Å². The molecule has 1 heterocycles. The van der Waals surface area contributed by atoms with Crippen LogP contribution in [-0.2, 0) is 0 Å². The average molecular weight is 225 g/mol. The minimum absolute atomic E-state index is 0.115. The molecule has 0 aliphatic carbocycles. The van der Waals surface area contributed by atoms with Crippen molar-refractivity contribution in [1.29, 1.82) is 0 Å². The molecule has 4 heteroatoms. The van der Waals surface area contributed by atoms with Crippen molar-refractivity contribution in [2.24, 2.45) is 0 Å². The number of carbonyl (C=O) groups is 1. The quantitative estimate of drug-likeness (QED) is 0.724. The molecule has 0 bridgehead atoms. The van der Waals surface area contributed by atoms with E-state index in [4.69, 9.17) is 6.42 Å². The third-order valence-electron chi connectivity index (χ3n) is 2.39. The second-order valence-electron chi connectivity index (χ2n) is 3.63. The van der Waals surface area contributed by atoms with Gasteiger partial charge in [-0.15, -0.1) is 6.42 Å². The largest absolute Gasteiger partial charge is 0.331 e. The van der Waals surface area contributed by atoms with E-state index in [-0.39, 0.29) is 12.5 Å². The number of carbonyl (C=O) groups excluding carboxylic acids is 1. The fourth-order valence-corrected chi connectivity index (χ4v) is 1.53. The summed E-state index contributed by atoms with van der Waals surface area (Å²) in [4.78, 5) is 21.7. The molecule has 1 aromatic heterocycles. The maximum Gasteiger partial charge on any atom is 0.254 e. The first-order chi connectivity index (χ1) is 8.22. The summed E-state index contributed by atoms with van der Waals surface area (Å²) >= 11 is 0. The highest BCUT2D eigenvalue weighted by atomic mass is 16.2. The van der Waals surface area contributed by atoms with Crippen LogP contribution in [0, 0.1) is 12.3 Å². The molecule has 0 N–H and O–H groups in total. The highest BCUT2D eigenvalue weighted by molar-refractivity contribution is 5.97. The van der Waals surface area contributed by atoms with Crippen LogP contribution in [0.4, 0.5) is 0 Å². The van der Waals surface area contributed by atoms with Gasteiger partial charge in [0.2, 0.25) is 0 Å². The molecule has 0 saturated heterocycles. The Morgan fingerprint density at radius 1 is 1.35 bits per heavy atom. The first kappa shape index (κ1) is 11.1. The minimum atomic E-state index is -0.115. The lowest BCUT2D eigenvalue weighted by molar-refractivity contribution is 0.0813. The van der Waals surface area contributed by atoms with Crippen molar-refractivity contribution >= 4 is 16.9 Å². The molecule has 0 spiro atoms. The van der Waals surface area contributed by atoms with Crippen molar-refractivity contribution in [3.05, 3.63) is 36.2 Å². The molecule has 84 valence electrons. The van der Waals surface area contributed by atoms with Gasteiger partial charge in [-0.1, -0.05) is 5.92 Å². The Hall–Kier alpha value is -2.41. The number of amides is 1. The molecular weight excluding hydrogens is 214 g/mol. The molecule has 0 saturated carbocycles. The third-order valence-corrected chi connectivity index (χ3v) is 2.39. The molecule has 0 fully saturated rings. The number of benzene rings is 1. The zero-order chi connectivity index (χ0) is 12.3. The Bertz CT molecular complexity index is 601. The van der Waals surface area contributed by atoms with Crippen LogP contribution in [0.1, 0.15) is 10.4 Å². The fourth-order valence-electron chi connectivity index (χ4n) is 1.53. The van der Waals surface area contributed by atoms with Crippen molar-refractivity contribution in [2.75, 3.05) is 13.6 Å². The molecule has 2 rings (SSSR count). The summed E-state index contributed by atoms with van der Waals surface area (Å²) in [7, 11) is 1.67. The lowest BCUT2D eigenvalue weighted by Crippen LogP contribution is -2.26. The predicted octanol–water partition coefficient (Wildman–Crippen LogP) is 1.33. The van der Waals surface area contributed by atoms with E-state index >= 15 is 0 Å². The third kappa shape index (κ3) is 2.23. The molecular formula is C13H11N3O. The molecule has 2 aromatic rings. The van der Waals surface area contributed by atoms with E-state index in [1.807, 2.05) is 0 Å². The van der Waals surface area contributed by atoms with Crippen molar-refractivity contribution in [3.63, 3.8) is 0 Å². The molecule has 1 aromatic carbocycles. The molecule has 0 atom stereocenters. The first-order valence-electron chi connectivity index (χ1n) is 5.12. The van der Waals surface area contributed by atoms with E-state index in [2.05, 4.69) is 15.9 Å². The van der Waals surface area contributed by atoms with Gasteiger partial charge in [0.15, 0.2) is 0 Å². The summed E-state index contributed by atoms with van der Waals surface area (Å²) in [5.41, 5.74) is 2.03. The average Bonchev–Trinajstić information content (AvgIpc) is 2.37. The monoisotopic (exact) mass is 225 g/mol. The van der Waals surface area contributed by atoms with Crippen LogP contribution >= 0.6 is 0 Å². The van der Waals surface area contributed by atoms with Crippen molar-refractivity contribution in [3.8, 4) is 12.3 Å². The van der Waals surface area contributed by atoms with E-state index in [1.165, 1.54) is 4.90 Å². The molecule has 1 amide bonds. The van der Waals surface area contributed by atoms with Crippen LogP contribution in [0.5, 0.6) is 0 Å². The maximum atomic E-state index is 12.0. The lowest BCUT2D eigenvalue weighted by atomic mass is 10.1. The molecule has 0 unspecified atom stereocenters. The summed E-state index contributed by atoms with van der Waals surface area (Å²) in [6, 6.07) is 5.23. The van der Waals surface area contributed by atoms with Crippen LogP contribution in [0.15, 0.2) is 30.6 Å². The van der Waals surface area contributed by atoms with Gasteiger partial charge >= 0.3 is 0 Å². The zero-order valence-electron chi connectivity index (χ0n) is 9.42. The fraction of sp³-hybridized carbons (Fsp3) is 0.154. The van der Waals surface area contributed by atoms with Gasteiger partial charge in [-0.05, 0) is 18.2 Å². The van der Waals surface area contributed by atoms with E-state index in [0.717, 1.165) is 5.52 Å². The summed E-state index contributed by atoms with van der Waals surface area (Å²) in [6.07, 6.45) is 8.39. The van der Waals surface area contributed by atoms with Crippen molar-refractivity contribution in [1.82, 2.24) is 14.9 Å². The van der Waals surface area contributed by atoms with E-state index in [9.17, 15) is 4.79 Å². The van der Waals surface area contributed by atoms with E-state index in [0.29, 0.717) is 11.1 Å². The number of rotatable bonds is 2. The number of nitrogens with zero attached hydrogens (tertiary/aromatic N) is 3. The molecule has 0 radical (unpaired) electrons. The normalized spacial score (nSPS) is 9.88. The second kappa shape index (κ2) is 4.62. The summed E-state index contributed by atoms with van der Waals surface area (Å²) in [5, 5.41) is 0. The summed E-state index contributed by atoms with van der Waals surface area (Å²) in [5.74, 6) is 2.32. The number of fused-ring (bicyclic) bond motifs is 1. The minimum Gasteiger partial charge on any atom is -0.331 e. The number of terminal acetylenes is 1. The van der Waals surface area contributed by atoms with Crippen LogP contribution in [-0.4, -0.2) is 34.4 Å². The van der Waals surface area contributed by atoms with Crippen LogP contribution in [0.25, 0.3) is 11.0 Å². The van der Waals surface area contributed by atoms with Gasteiger partial charge in [0.1, 0.15) is 0 Å². The smallest absolute Gasteiger partial charge is 0.254 e. The Morgan fingerprint density at radius 2 is 2.06 bits per heavy atom. The Labute approximate surface area is 99.3 Å². The van der Waals surface area contributed by atoms with Gasteiger partial charge in [0.25, 0.3) is 5.91 Å². The molecule has 4 nitrogen and oxygen atoms in total. The maximum absolute atomic E-state index is 12.0. The van der Waals surface area contributed by atoms with Crippen LogP contribution in [0.2, 0.25) is 0 Å². The number of hydrogen-bond donors (Lipinski definition) is 0. The number of hydrogen-bond acceptors (Lipinski definition) is 3. The topological polar surface area (TPSA) is 46.1 Å². The van der Waals surface area contributed by atoms with Gasteiger partial charge in [-0.3, -0.25) is 14.8 Å². The Kier molecular flexibility index (Phi) is 3.01. The van der Waals surface area contributed by atoms with Gasteiger partial charge in [-0.2, -0.15) is 0 Å². The Morgan fingerprint density at radius 3 is 2.76 bits per heavy atom. The van der Waals surface area contributed by atoms with Gasteiger partial charge < -0.3 is 4.90 Å². The van der Waals surface area contributed by atoms with Crippen LogP contribution < -0.4 is 0 Å². The van der Waals surface area contributed by atoms with Gasteiger partial charge in [-0.25, -0.2) is 0 Å². The molecule has 17 heavy (non-hydrogen) atoms. The van der Waals surface area contributed by atoms with Crippen LogP contribution in [0.3, 0.4) is 0 Å². The number of aromatic nitrogens is 2. The molecule has 0 aliphatic heterocycles. The van der Waals surface area contributed by atoms with Crippen molar-refractivity contribution < 1.29 is 4.79 Å². The first-order valence-corrected chi connectivity index (χ1v) is 5.12. The predicted molar refractivity (Wildman–Crippen MR) is 65.3 cm³/mol. The Balaban J connectivity index is 2.37. The lowest BCUT2D eigenvalue weighted by Gasteiger charge is -2.13. The summed E-state index contributed by atoms with van der Waals surface area (Å²) in [6.45, 7) is 0.289. The second-order valence-corrected chi connectivity index (χ2v) is 3.63. The van der Waals surface area contributed by atoms with Crippen molar-refractivity contribution in [2.45, 2.75) is 0 Å². The zero-order valence-corrected chi connectivity index (χ0v) is 9.42. The highest BCUT2D eigenvalue weighted by Gasteiger charge is 2.11. The molecule has 0 aliphatic rings. The summed E-state index contributed by atoms with van der Waals surface area (Å²) < 4.78 is 0. The SMILES string of the molecule is C#CCN(C)C(=O)c1ccc2nccnc2c1.